The van der Waals surface area contributed by atoms with Gasteiger partial charge in [0.15, 0.2) is 5.11 Å². The molecule has 1 aromatic carbocycles. The van der Waals surface area contributed by atoms with E-state index in [4.69, 9.17) is 12.2 Å². The Morgan fingerprint density at radius 1 is 1.28 bits per heavy atom. The summed E-state index contributed by atoms with van der Waals surface area (Å²) in [6.07, 6.45) is 15.0. The van der Waals surface area contributed by atoms with Gasteiger partial charge in [0, 0.05) is 37.7 Å². The summed E-state index contributed by atoms with van der Waals surface area (Å²) in [5.74, 6) is 0.689. The maximum Gasteiger partial charge on any atom is 0.173 e. The smallest absolute Gasteiger partial charge is 0.173 e. The minimum absolute atomic E-state index is 0.689. The number of para-hydroxylation sites is 1. The van der Waals surface area contributed by atoms with Gasteiger partial charge in [0.05, 0.1) is 6.33 Å². The average molecular weight is 355 g/mol. The maximum atomic E-state index is 5.72. The molecule has 2 aromatic rings. The van der Waals surface area contributed by atoms with Crippen LogP contribution in [0.3, 0.4) is 0 Å². The largest absolute Gasteiger partial charge is 0.349 e. The molecule has 0 saturated heterocycles. The number of allylic oxidation sites excluding steroid dienone is 2. The molecule has 0 spiro atoms. The minimum atomic E-state index is 0.689. The van der Waals surface area contributed by atoms with Crippen LogP contribution in [-0.2, 0) is 6.54 Å². The Hall–Kier alpha value is -2.14. The molecule has 1 aliphatic carbocycles. The number of thiocarbonyl (C=S) groups is 1. The molecule has 132 valence electrons. The van der Waals surface area contributed by atoms with Gasteiger partial charge in [-0.1, -0.05) is 30.4 Å². The number of imidazole rings is 1. The van der Waals surface area contributed by atoms with E-state index in [0.717, 1.165) is 43.3 Å². The van der Waals surface area contributed by atoms with Crippen LogP contribution in [0.25, 0.3) is 0 Å². The number of nitrogens with one attached hydrogen (secondary N) is 1. The van der Waals surface area contributed by atoms with E-state index in [1.54, 1.807) is 0 Å². The van der Waals surface area contributed by atoms with Crippen LogP contribution in [0.5, 0.6) is 0 Å². The molecule has 0 saturated carbocycles. The quantitative estimate of drug-likeness (QED) is 0.593. The molecule has 0 amide bonds. The van der Waals surface area contributed by atoms with Crippen molar-refractivity contribution in [1.29, 1.82) is 0 Å². The monoisotopic (exact) mass is 354 g/mol. The van der Waals surface area contributed by atoms with Crippen LogP contribution in [0.2, 0.25) is 0 Å². The lowest BCUT2D eigenvalue weighted by Gasteiger charge is -2.30. The fourth-order valence-electron chi connectivity index (χ4n) is 3.20. The van der Waals surface area contributed by atoms with Gasteiger partial charge >= 0.3 is 0 Å². The Balaban J connectivity index is 1.58. The summed E-state index contributed by atoms with van der Waals surface area (Å²) in [7, 11) is 0. The first-order valence-electron chi connectivity index (χ1n) is 9.03. The highest BCUT2D eigenvalue weighted by Gasteiger charge is 2.17. The molecular weight excluding hydrogens is 328 g/mol. The van der Waals surface area contributed by atoms with E-state index in [1.165, 1.54) is 12.8 Å². The summed E-state index contributed by atoms with van der Waals surface area (Å²) in [6.45, 7) is 2.94. The number of benzene rings is 1. The highest BCUT2D eigenvalue weighted by Crippen LogP contribution is 2.20. The third-order valence-electron chi connectivity index (χ3n) is 4.57. The fraction of sp³-hybridized carbons (Fsp3) is 0.400. The zero-order chi connectivity index (χ0) is 17.3. The third kappa shape index (κ3) is 5.71. The predicted octanol–water partition coefficient (Wildman–Crippen LogP) is 4.33. The van der Waals surface area contributed by atoms with E-state index in [0.29, 0.717) is 5.92 Å². The van der Waals surface area contributed by atoms with Crippen molar-refractivity contribution in [3.63, 3.8) is 0 Å². The van der Waals surface area contributed by atoms with Crippen molar-refractivity contribution >= 4 is 23.0 Å². The molecule has 0 bridgehead atoms. The molecule has 0 fully saturated rings. The summed E-state index contributed by atoms with van der Waals surface area (Å²) in [6, 6.07) is 10.2. The van der Waals surface area contributed by atoms with E-state index in [9.17, 15) is 0 Å². The van der Waals surface area contributed by atoms with E-state index in [1.807, 2.05) is 36.9 Å². The molecule has 5 heteroatoms. The first kappa shape index (κ1) is 17.7. The van der Waals surface area contributed by atoms with Crippen molar-refractivity contribution in [2.24, 2.45) is 5.92 Å². The van der Waals surface area contributed by atoms with Crippen LogP contribution >= 0.6 is 12.2 Å². The van der Waals surface area contributed by atoms with Gasteiger partial charge in [0.25, 0.3) is 0 Å². The number of aryl methyl sites for hydroxylation is 1. The van der Waals surface area contributed by atoms with Crippen LogP contribution in [0.1, 0.15) is 25.7 Å². The van der Waals surface area contributed by atoms with Crippen molar-refractivity contribution in [3.05, 3.63) is 61.2 Å². The van der Waals surface area contributed by atoms with Crippen molar-refractivity contribution in [3.8, 4) is 0 Å². The van der Waals surface area contributed by atoms with E-state index in [2.05, 4.69) is 44.1 Å². The van der Waals surface area contributed by atoms with Crippen LogP contribution in [0.15, 0.2) is 61.2 Å². The highest BCUT2D eigenvalue weighted by atomic mass is 32.1. The molecule has 1 unspecified atom stereocenters. The molecule has 0 radical (unpaired) electrons. The Bertz CT molecular complexity index is 666. The van der Waals surface area contributed by atoms with E-state index < -0.39 is 0 Å². The molecule has 1 aliphatic rings. The highest BCUT2D eigenvalue weighted by molar-refractivity contribution is 7.80. The van der Waals surface area contributed by atoms with Crippen molar-refractivity contribution in [2.75, 3.05) is 18.4 Å². The Morgan fingerprint density at radius 2 is 2.16 bits per heavy atom. The van der Waals surface area contributed by atoms with Crippen LogP contribution in [0.4, 0.5) is 5.69 Å². The molecule has 25 heavy (non-hydrogen) atoms. The van der Waals surface area contributed by atoms with Gasteiger partial charge in [-0.3, -0.25) is 0 Å². The van der Waals surface area contributed by atoms with Crippen molar-refractivity contribution in [2.45, 2.75) is 32.2 Å². The topological polar surface area (TPSA) is 33.1 Å². The van der Waals surface area contributed by atoms with Gasteiger partial charge in [0.2, 0.25) is 0 Å². The number of hydrogen-bond donors (Lipinski definition) is 1. The lowest BCUT2D eigenvalue weighted by Crippen LogP contribution is -2.39. The van der Waals surface area contributed by atoms with Crippen molar-refractivity contribution in [1.82, 2.24) is 14.5 Å². The lowest BCUT2D eigenvalue weighted by molar-refractivity contribution is 0.316. The molecule has 1 N–H and O–H groups in total. The molecular formula is C20H26N4S. The first-order chi connectivity index (χ1) is 12.3. The molecule has 3 rings (SSSR count). The van der Waals surface area contributed by atoms with Gasteiger partial charge in [-0.2, -0.15) is 0 Å². The second-order valence-corrected chi connectivity index (χ2v) is 6.93. The number of nitrogens with zero attached hydrogens (tertiary/aromatic N) is 3. The summed E-state index contributed by atoms with van der Waals surface area (Å²) >= 11 is 5.72. The average Bonchev–Trinajstić information content (AvgIpc) is 3.16. The summed E-state index contributed by atoms with van der Waals surface area (Å²) in [5, 5.41) is 4.22. The number of hydrogen-bond acceptors (Lipinski definition) is 2. The normalized spacial score (nSPS) is 16.6. The van der Waals surface area contributed by atoms with Gasteiger partial charge < -0.3 is 14.8 Å². The minimum Gasteiger partial charge on any atom is -0.349 e. The van der Waals surface area contributed by atoms with Gasteiger partial charge in [-0.15, -0.1) is 0 Å². The molecule has 1 atom stereocenters. The number of rotatable bonds is 7. The Kier molecular flexibility index (Phi) is 6.63. The third-order valence-corrected chi connectivity index (χ3v) is 4.93. The Labute approximate surface area is 155 Å². The van der Waals surface area contributed by atoms with Crippen LogP contribution < -0.4 is 5.32 Å². The first-order valence-corrected chi connectivity index (χ1v) is 9.44. The van der Waals surface area contributed by atoms with Crippen molar-refractivity contribution < 1.29 is 0 Å². The lowest BCUT2D eigenvalue weighted by atomic mass is 9.94. The second kappa shape index (κ2) is 9.37. The predicted molar refractivity (Wildman–Crippen MR) is 108 cm³/mol. The molecule has 0 aliphatic heterocycles. The standard InChI is InChI=1S/C20H26N4S/c25-20(22-19-10-5-2-6-11-19)24(16-18-8-3-1-4-9-18)14-7-13-23-15-12-21-17-23/h1-3,5-6,10-12,15,17-18H,4,7-9,13-14,16H2,(H,22,25). The molecule has 1 heterocycles. The second-order valence-electron chi connectivity index (χ2n) is 6.55. The van der Waals surface area contributed by atoms with Gasteiger partial charge in [-0.25, -0.2) is 4.98 Å². The SMILES string of the molecule is S=C(Nc1ccccc1)N(CCCn1ccnc1)CC1CC=CCC1. The number of aromatic nitrogens is 2. The number of anilines is 1. The van der Waals surface area contributed by atoms with Gasteiger partial charge in [-0.05, 0) is 56.0 Å². The summed E-state index contributed by atoms with van der Waals surface area (Å²) in [5.41, 5.74) is 1.05. The maximum absolute atomic E-state index is 5.72. The molecule has 1 aromatic heterocycles. The zero-order valence-corrected chi connectivity index (χ0v) is 15.4. The van der Waals surface area contributed by atoms with Crippen LogP contribution in [0, 0.1) is 5.92 Å². The zero-order valence-electron chi connectivity index (χ0n) is 14.6. The fourth-order valence-corrected chi connectivity index (χ4v) is 3.48. The summed E-state index contributed by atoms with van der Waals surface area (Å²) in [4.78, 5) is 6.44. The van der Waals surface area contributed by atoms with Crippen LogP contribution in [-0.4, -0.2) is 32.7 Å². The Morgan fingerprint density at radius 3 is 2.88 bits per heavy atom. The molecule has 4 nitrogen and oxygen atoms in total. The van der Waals surface area contributed by atoms with E-state index in [-0.39, 0.29) is 0 Å². The summed E-state index contributed by atoms with van der Waals surface area (Å²) < 4.78 is 2.12. The van der Waals surface area contributed by atoms with Gasteiger partial charge in [0.1, 0.15) is 0 Å². The van der Waals surface area contributed by atoms with E-state index >= 15 is 0 Å².